The van der Waals surface area contributed by atoms with E-state index < -0.39 is 15.7 Å². The van der Waals surface area contributed by atoms with Crippen LogP contribution in [0.25, 0.3) is 0 Å². The summed E-state index contributed by atoms with van der Waals surface area (Å²) in [6.45, 7) is 12.1. The molecule has 1 aliphatic heterocycles. The maximum Gasteiger partial charge on any atom is 0.227 e. The van der Waals surface area contributed by atoms with Gasteiger partial charge in [0.2, 0.25) is 5.91 Å². The molecule has 33 heavy (non-hydrogen) atoms. The molecule has 2 N–H and O–H groups in total. The lowest BCUT2D eigenvalue weighted by Crippen LogP contribution is -2.37. The van der Waals surface area contributed by atoms with Crippen LogP contribution >= 0.6 is 0 Å². The summed E-state index contributed by atoms with van der Waals surface area (Å²) < 4.78 is 16.1. The molecule has 0 saturated carbocycles. The van der Waals surface area contributed by atoms with E-state index in [1.54, 1.807) is 0 Å². The SMILES string of the molecule is CC(C)c1ccc([C@@H](N[S@](=O)C(C)(C)C)c2ccccc2NC(=O)C2CCN(C)CC2)cc1. The maximum absolute atomic E-state index is 13.1. The second-order valence-corrected chi connectivity index (χ2v) is 12.4. The van der Waals surface area contributed by atoms with Crippen molar-refractivity contribution in [3.05, 3.63) is 65.2 Å². The van der Waals surface area contributed by atoms with E-state index in [-0.39, 0.29) is 17.9 Å². The smallest absolute Gasteiger partial charge is 0.227 e. The molecule has 0 bridgehead atoms. The van der Waals surface area contributed by atoms with E-state index in [1.165, 1.54) is 5.56 Å². The lowest BCUT2D eigenvalue weighted by Gasteiger charge is -2.29. The van der Waals surface area contributed by atoms with Gasteiger partial charge in [-0.2, -0.15) is 0 Å². The number of nitrogens with one attached hydrogen (secondary N) is 2. The Labute approximate surface area is 201 Å². The van der Waals surface area contributed by atoms with E-state index in [2.05, 4.69) is 60.1 Å². The highest BCUT2D eigenvalue weighted by Crippen LogP contribution is 2.32. The van der Waals surface area contributed by atoms with E-state index in [1.807, 2.05) is 45.0 Å². The van der Waals surface area contributed by atoms with Gasteiger partial charge in [-0.25, -0.2) is 8.93 Å². The van der Waals surface area contributed by atoms with Crippen LogP contribution in [0.15, 0.2) is 48.5 Å². The predicted molar refractivity (Wildman–Crippen MR) is 139 cm³/mol. The van der Waals surface area contributed by atoms with Gasteiger partial charge < -0.3 is 10.2 Å². The average molecular weight is 470 g/mol. The maximum atomic E-state index is 13.1. The van der Waals surface area contributed by atoms with E-state index >= 15 is 0 Å². The molecule has 1 aliphatic rings. The number of likely N-dealkylation sites (tertiary alicyclic amines) is 1. The minimum atomic E-state index is -1.28. The van der Waals surface area contributed by atoms with Gasteiger partial charge >= 0.3 is 0 Å². The van der Waals surface area contributed by atoms with Gasteiger partial charge in [0.05, 0.1) is 21.8 Å². The predicted octanol–water partition coefficient (Wildman–Crippen LogP) is 5.23. The largest absolute Gasteiger partial charge is 0.326 e. The number of hydrogen-bond acceptors (Lipinski definition) is 3. The fourth-order valence-corrected chi connectivity index (χ4v) is 4.87. The quantitative estimate of drug-likeness (QED) is 0.584. The minimum Gasteiger partial charge on any atom is -0.326 e. The Balaban J connectivity index is 1.93. The summed E-state index contributed by atoms with van der Waals surface area (Å²) in [7, 11) is 0.817. The Kier molecular flexibility index (Phi) is 8.48. The first kappa shape index (κ1) is 25.6. The van der Waals surface area contributed by atoms with Gasteiger partial charge in [-0.3, -0.25) is 4.79 Å². The minimum absolute atomic E-state index is 0.0229. The molecule has 5 nitrogen and oxygen atoms in total. The number of para-hydroxylation sites is 1. The monoisotopic (exact) mass is 469 g/mol. The van der Waals surface area contributed by atoms with E-state index in [4.69, 9.17) is 0 Å². The summed E-state index contributed by atoms with van der Waals surface area (Å²) in [5.41, 5.74) is 3.99. The van der Waals surface area contributed by atoms with Crippen molar-refractivity contribution in [2.24, 2.45) is 5.92 Å². The first-order chi connectivity index (χ1) is 15.6. The van der Waals surface area contributed by atoms with Crippen LogP contribution in [-0.2, 0) is 15.8 Å². The lowest BCUT2D eigenvalue weighted by atomic mass is 9.93. The Morgan fingerprint density at radius 3 is 2.15 bits per heavy atom. The second kappa shape index (κ2) is 10.9. The first-order valence-corrected chi connectivity index (χ1v) is 13.1. The number of benzene rings is 2. The number of nitrogens with zero attached hydrogens (tertiary/aromatic N) is 1. The molecule has 3 rings (SSSR count). The van der Waals surface area contributed by atoms with Crippen molar-refractivity contribution in [1.82, 2.24) is 9.62 Å². The molecule has 0 radical (unpaired) electrons. The zero-order valence-corrected chi connectivity index (χ0v) is 21.7. The van der Waals surface area contributed by atoms with Crippen LogP contribution in [-0.4, -0.2) is 39.9 Å². The number of anilines is 1. The van der Waals surface area contributed by atoms with Crippen molar-refractivity contribution in [2.45, 2.75) is 64.2 Å². The van der Waals surface area contributed by atoms with Crippen molar-refractivity contribution < 1.29 is 9.00 Å². The third-order valence-electron chi connectivity index (χ3n) is 6.34. The first-order valence-electron chi connectivity index (χ1n) is 11.9. The zero-order valence-electron chi connectivity index (χ0n) is 20.9. The van der Waals surface area contributed by atoms with E-state index in [0.29, 0.717) is 5.92 Å². The second-order valence-electron chi connectivity index (χ2n) is 10.4. The number of hydrogen-bond donors (Lipinski definition) is 2. The Hall–Kier alpha value is -2.02. The van der Waals surface area contributed by atoms with Gasteiger partial charge in [0.1, 0.15) is 0 Å². The molecule has 1 amide bonds. The fourth-order valence-electron chi connectivity index (χ4n) is 4.04. The van der Waals surface area contributed by atoms with Gasteiger partial charge in [-0.05, 0) is 82.4 Å². The standard InChI is InChI=1S/C27H39N3O2S/c1-19(2)20-11-13-21(14-12-20)25(29-33(32)27(3,4)5)23-9-7-8-10-24(23)28-26(31)22-15-17-30(6)18-16-22/h7-14,19,22,25,29H,15-18H2,1-6H3,(H,28,31)/t25-,33-/m1/s1. The molecule has 180 valence electrons. The molecule has 1 saturated heterocycles. The van der Waals surface area contributed by atoms with Crippen molar-refractivity contribution in [3.8, 4) is 0 Å². The van der Waals surface area contributed by atoms with Crippen LogP contribution in [0.5, 0.6) is 0 Å². The third kappa shape index (κ3) is 6.75. The summed E-state index contributed by atoms with van der Waals surface area (Å²) in [5, 5.41) is 3.19. The fraction of sp³-hybridized carbons (Fsp3) is 0.519. The van der Waals surface area contributed by atoms with Gasteiger partial charge in [-0.15, -0.1) is 0 Å². The average Bonchev–Trinajstić information content (AvgIpc) is 2.77. The number of rotatable bonds is 7. The highest BCUT2D eigenvalue weighted by Gasteiger charge is 2.28. The molecule has 0 unspecified atom stereocenters. The lowest BCUT2D eigenvalue weighted by molar-refractivity contribution is -0.121. The van der Waals surface area contributed by atoms with Crippen molar-refractivity contribution in [1.29, 1.82) is 0 Å². The summed E-state index contributed by atoms with van der Waals surface area (Å²) in [5.74, 6) is 0.534. The van der Waals surface area contributed by atoms with Gasteiger partial charge in [0, 0.05) is 11.6 Å². The molecular weight excluding hydrogens is 430 g/mol. The number of carbonyl (C=O) groups is 1. The zero-order chi connectivity index (χ0) is 24.2. The Morgan fingerprint density at radius 1 is 1.00 bits per heavy atom. The Bertz CT molecular complexity index is 958. The van der Waals surface area contributed by atoms with Gasteiger partial charge in [0.25, 0.3) is 0 Å². The van der Waals surface area contributed by atoms with Gasteiger partial charge in [0.15, 0.2) is 0 Å². The summed E-state index contributed by atoms with van der Waals surface area (Å²) in [4.78, 5) is 15.3. The van der Waals surface area contributed by atoms with E-state index in [9.17, 15) is 9.00 Å². The molecule has 0 aromatic heterocycles. The van der Waals surface area contributed by atoms with Crippen LogP contribution < -0.4 is 10.0 Å². The molecule has 0 spiro atoms. The molecule has 6 heteroatoms. The molecule has 1 heterocycles. The molecule has 1 fully saturated rings. The van der Waals surface area contributed by atoms with Crippen LogP contribution in [0.1, 0.15) is 76.1 Å². The number of carbonyl (C=O) groups excluding carboxylic acids is 1. The van der Waals surface area contributed by atoms with Crippen LogP contribution in [0.4, 0.5) is 5.69 Å². The van der Waals surface area contributed by atoms with Crippen LogP contribution in [0.2, 0.25) is 0 Å². The van der Waals surface area contributed by atoms with Crippen molar-refractivity contribution in [3.63, 3.8) is 0 Å². The normalized spacial score (nSPS) is 17.7. The summed E-state index contributed by atoms with van der Waals surface area (Å²) >= 11 is 0. The highest BCUT2D eigenvalue weighted by molar-refractivity contribution is 7.84. The van der Waals surface area contributed by atoms with Crippen molar-refractivity contribution >= 4 is 22.6 Å². The molecule has 0 aliphatic carbocycles. The highest BCUT2D eigenvalue weighted by atomic mass is 32.2. The van der Waals surface area contributed by atoms with Crippen molar-refractivity contribution in [2.75, 3.05) is 25.5 Å². The van der Waals surface area contributed by atoms with Crippen LogP contribution in [0, 0.1) is 5.92 Å². The van der Waals surface area contributed by atoms with E-state index in [0.717, 1.165) is 42.7 Å². The number of piperidine rings is 1. The number of amides is 1. The summed E-state index contributed by atoms with van der Waals surface area (Å²) in [6, 6.07) is 16.0. The molecular formula is C27H39N3O2S. The summed E-state index contributed by atoms with van der Waals surface area (Å²) in [6.07, 6.45) is 1.74. The topological polar surface area (TPSA) is 61.4 Å². The third-order valence-corrected chi connectivity index (χ3v) is 7.90. The Morgan fingerprint density at radius 2 is 1.58 bits per heavy atom. The van der Waals surface area contributed by atoms with Gasteiger partial charge in [-0.1, -0.05) is 56.3 Å². The molecule has 2 aromatic carbocycles. The van der Waals surface area contributed by atoms with Crippen LogP contribution in [0.3, 0.4) is 0 Å². The molecule has 2 aromatic rings. The molecule has 2 atom stereocenters.